The number of amides is 1. The first kappa shape index (κ1) is 17.7. The van der Waals surface area contributed by atoms with Crippen molar-refractivity contribution >= 4 is 55.9 Å². The topological polar surface area (TPSA) is 81.4 Å². The summed E-state index contributed by atoms with van der Waals surface area (Å²) >= 11 is 10.5. The number of halogens is 2. The number of hydrogen-bond acceptors (Lipinski definition) is 6. The maximum absolute atomic E-state index is 11.9. The third-order valence-electron chi connectivity index (χ3n) is 3.01. The van der Waals surface area contributed by atoms with E-state index in [1.54, 1.807) is 17.5 Å². The molecular weight excluding hydrogens is 432 g/mol. The molecule has 0 saturated carbocycles. The Kier molecular flexibility index (Phi) is 5.52. The fourth-order valence-corrected chi connectivity index (χ4v) is 3.17. The number of nitrogens with one attached hydrogen (secondary N) is 1. The number of thiazole rings is 1. The average Bonchev–Trinajstić information content (AvgIpc) is 3.22. The molecule has 2 heterocycles. The monoisotopic (exact) mass is 440 g/mol. The number of carbonyl (C=O) groups excluding carboxylic acids is 2. The Morgan fingerprint density at radius 3 is 2.80 bits per heavy atom. The molecule has 3 rings (SSSR count). The van der Waals surface area contributed by atoms with Crippen LogP contribution >= 0.6 is 38.9 Å². The van der Waals surface area contributed by atoms with E-state index in [9.17, 15) is 9.59 Å². The second-order valence-electron chi connectivity index (χ2n) is 4.75. The van der Waals surface area contributed by atoms with E-state index in [0.717, 1.165) is 5.56 Å². The highest BCUT2D eigenvalue weighted by atomic mass is 79.9. The minimum absolute atomic E-state index is 0.00919. The maximum Gasteiger partial charge on any atom is 0.374 e. The second-order valence-corrected chi connectivity index (χ2v) is 6.79. The molecule has 1 N–H and O–H groups in total. The van der Waals surface area contributed by atoms with Gasteiger partial charge in [-0.15, -0.1) is 11.3 Å². The summed E-state index contributed by atoms with van der Waals surface area (Å²) in [5, 5.41) is 5.31. The summed E-state index contributed by atoms with van der Waals surface area (Å²) in [6.45, 7) is -0.446. The predicted molar refractivity (Wildman–Crippen MR) is 97.9 cm³/mol. The average molecular weight is 442 g/mol. The van der Waals surface area contributed by atoms with Gasteiger partial charge in [0.15, 0.2) is 16.4 Å². The van der Waals surface area contributed by atoms with Gasteiger partial charge in [0.05, 0.1) is 5.69 Å². The third-order valence-corrected chi connectivity index (χ3v) is 4.52. The van der Waals surface area contributed by atoms with Crippen LogP contribution in [0.15, 0.2) is 50.9 Å². The van der Waals surface area contributed by atoms with Crippen LogP contribution in [0.3, 0.4) is 0 Å². The van der Waals surface area contributed by atoms with Crippen molar-refractivity contribution in [2.24, 2.45) is 0 Å². The number of rotatable bonds is 5. The van der Waals surface area contributed by atoms with Gasteiger partial charge in [0.25, 0.3) is 5.91 Å². The van der Waals surface area contributed by atoms with Gasteiger partial charge in [0.2, 0.25) is 5.76 Å². The molecule has 128 valence electrons. The lowest BCUT2D eigenvalue weighted by molar-refractivity contribution is -0.119. The number of anilines is 1. The molecule has 0 bridgehead atoms. The second kappa shape index (κ2) is 7.81. The van der Waals surface area contributed by atoms with Crippen LogP contribution < -0.4 is 5.32 Å². The van der Waals surface area contributed by atoms with Crippen LogP contribution in [-0.2, 0) is 9.53 Å². The Hall–Kier alpha value is -2.16. The number of aromatic nitrogens is 1. The van der Waals surface area contributed by atoms with Gasteiger partial charge in [-0.3, -0.25) is 10.1 Å². The first-order valence-corrected chi connectivity index (χ1v) is 9.01. The number of benzene rings is 1. The highest BCUT2D eigenvalue weighted by Crippen LogP contribution is 2.30. The van der Waals surface area contributed by atoms with Crippen LogP contribution in [-0.4, -0.2) is 23.5 Å². The van der Waals surface area contributed by atoms with E-state index in [-0.39, 0.29) is 5.76 Å². The van der Waals surface area contributed by atoms with E-state index in [0.29, 0.717) is 20.5 Å². The van der Waals surface area contributed by atoms with Crippen molar-refractivity contribution in [1.82, 2.24) is 4.98 Å². The summed E-state index contributed by atoms with van der Waals surface area (Å²) in [7, 11) is 0. The zero-order chi connectivity index (χ0) is 17.8. The van der Waals surface area contributed by atoms with E-state index >= 15 is 0 Å². The molecule has 0 spiro atoms. The molecule has 0 saturated heterocycles. The van der Waals surface area contributed by atoms with Gasteiger partial charge >= 0.3 is 5.97 Å². The Labute approximate surface area is 159 Å². The summed E-state index contributed by atoms with van der Waals surface area (Å²) in [5.41, 5.74) is 1.43. The molecule has 2 aromatic heterocycles. The van der Waals surface area contributed by atoms with E-state index < -0.39 is 18.5 Å². The fraction of sp³-hybridized carbons (Fsp3) is 0.0625. The van der Waals surface area contributed by atoms with Crippen molar-refractivity contribution in [1.29, 1.82) is 0 Å². The Morgan fingerprint density at radius 1 is 1.28 bits per heavy atom. The minimum atomic E-state index is -0.725. The molecule has 0 radical (unpaired) electrons. The van der Waals surface area contributed by atoms with E-state index in [1.807, 2.05) is 18.2 Å². The highest BCUT2D eigenvalue weighted by molar-refractivity contribution is 9.10. The van der Waals surface area contributed by atoms with Crippen molar-refractivity contribution in [3.05, 3.63) is 57.2 Å². The largest absolute Gasteiger partial charge is 0.450 e. The van der Waals surface area contributed by atoms with E-state index in [2.05, 4.69) is 26.2 Å². The summed E-state index contributed by atoms with van der Waals surface area (Å²) in [6.07, 6.45) is 0. The molecule has 0 aliphatic heterocycles. The number of esters is 1. The maximum atomic E-state index is 11.9. The first-order chi connectivity index (χ1) is 12.0. The van der Waals surface area contributed by atoms with Gasteiger partial charge < -0.3 is 9.15 Å². The van der Waals surface area contributed by atoms with Gasteiger partial charge in [0, 0.05) is 16.0 Å². The minimum Gasteiger partial charge on any atom is -0.450 e. The van der Waals surface area contributed by atoms with E-state index in [4.69, 9.17) is 20.8 Å². The molecule has 9 heteroatoms. The van der Waals surface area contributed by atoms with Gasteiger partial charge in [-0.05, 0) is 34.1 Å². The van der Waals surface area contributed by atoms with Crippen LogP contribution in [0.25, 0.3) is 11.3 Å². The summed E-state index contributed by atoms with van der Waals surface area (Å²) < 4.78 is 10.3. The molecule has 0 aliphatic rings. The molecule has 25 heavy (non-hydrogen) atoms. The van der Waals surface area contributed by atoms with Crippen molar-refractivity contribution in [2.45, 2.75) is 0 Å². The van der Waals surface area contributed by atoms with Gasteiger partial charge in [-0.1, -0.05) is 29.8 Å². The van der Waals surface area contributed by atoms with Gasteiger partial charge in [-0.25, -0.2) is 9.78 Å². The lowest BCUT2D eigenvalue weighted by Gasteiger charge is -2.03. The Morgan fingerprint density at radius 2 is 2.08 bits per heavy atom. The molecule has 0 fully saturated rings. The van der Waals surface area contributed by atoms with Gasteiger partial charge in [0.1, 0.15) is 0 Å². The number of hydrogen-bond donors (Lipinski definition) is 1. The lowest BCUT2D eigenvalue weighted by Crippen LogP contribution is -2.20. The highest BCUT2D eigenvalue weighted by Gasteiger charge is 2.15. The molecule has 1 amide bonds. The summed E-state index contributed by atoms with van der Waals surface area (Å²) in [5.74, 6) is -1.22. The number of nitrogens with zero attached hydrogens (tertiary/aromatic N) is 1. The fourth-order valence-electron chi connectivity index (χ4n) is 1.91. The summed E-state index contributed by atoms with van der Waals surface area (Å²) in [4.78, 5) is 27.9. The SMILES string of the molecule is O=C(COC(=O)c1ccc(Br)o1)Nc1nc(-c2ccccc2Cl)cs1. The first-order valence-electron chi connectivity index (χ1n) is 6.95. The molecule has 0 aliphatic carbocycles. The Bertz CT molecular complexity index is 924. The normalized spacial score (nSPS) is 10.5. The zero-order valence-corrected chi connectivity index (χ0v) is 15.7. The van der Waals surface area contributed by atoms with Crippen molar-refractivity contribution in [2.75, 3.05) is 11.9 Å². The third kappa shape index (κ3) is 4.47. The number of ether oxygens (including phenoxy) is 1. The Balaban J connectivity index is 1.57. The van der Waals surface area contributed by atoms with Crippen LogP contribution in [0, 0.1) is 0 Å². The van der Waals surface area contributed by atoms with Crippen molar-refractivity contribution < 1.29 is 18.7 Å². The molecule has 0 atom stereocenters. The van der Waals surface area contributed by atoms with Crippen LogP contribution in [0.2, 0.25) is 5.02 Å². The predicted octanol–water partition coefficient (Wildman–Crippen LogP) is 4.61. The molecule has 1 aromatic carbocycles. The molecule has 3 aromatic rings. The molecule has 6 nitrogen and oxygen atoms in total. The van der Waals surface area contributed by atoms with Gasteiger partial charge in [-0.2, -0.15) is 0 Å². The summed E-state index contributed by atoms with van der Waals surface area (Å²) in [6, 6.07) is 10.3. The smallest absolute Gasteiger partial charge is 0.374 e. The van der Waals surface area contributed by atoms with Crippen molar-refractivity contribution in [3.63, 3.8) is 0 Å². The quantitative estimate of drug-likeness (QED) is 0.585. The lowest BCUT2D eigenvalue weighted by atomic mass is 10.2. The van der Waals surface area contributed by atoms with Crippen LogP contribution in [0.5, 0.6) is 0 Å². The number of carbonyl (C=O) groups is 2. The van der Waals surface area contributed by atoms with Crippen LogP contribution in [0.4, 0.5) is 5.13 Å². The van der Waals surface area contributed by atoms with E-state index in [1.165, 1.54) is 17.4 Å². The number of furan rings is 1. The van der Waals surface area contributed by atoms with Crippen molar-refractivity contribution in [3.8, 4) is 11.3 Å². The zero-order valence-electron chi connectivity index (χ0n) is 12.5. The molecular formula is C16H10BrClN2O4S. The molecule has 0 unspecified atom stereocenters. The standard InChI is InChI=1S/C16H10BrClN2O4S/c17-13-6-5-12(24-13)15(22)23-7-14(21)20-16-19-11(8-25-16)9-3-1-2-4-10(9)18/h1-6,8H,7H2,(H,19,20,21). The van der Waals surface area contributed by atoms with Crippen LogP contribution in [0.1, 0.15) is 10.6 Å².